The van der Waals surface area contributed by atoms with Gasteiger partial charge in [-0.1, -0.05) is 35.3 Å². The summed E-state index contributed by atoms with van der Waals surface area (Å²) in [4.78, 5) is 0. The molecule has 2 nitrogen and oxygen atoms in total. The van der Waals surface area contributed by atoms with Crippen LogP contribution in [0.25, 0.3) is 0 Å². The third-order valence-corrected chi connectivity index (χ3v) is 3.37. The molecule has 0 aromatic heterocycles. The first-order valence-electron chi connectivity index (χ1n) is 6.10. The molecular weight excluding hydrogens is 300 g/mol. The van der Waals surface area contributed by atoms with Crippen molar-refractivity contribution in [2.24, 2.45) is 5.73 Å². The molecule has 0 aliphatic rings. The van der Waals surface area contributed by atoms with Crippen molar-refractivity contribution in [1.29, 1.82) is 0 Å². The molecule has 2 N–H and O–H groups in total. The number of ether oxygens (including phenoxy) is 1. The van der Waals surface area contributed by atoms with Crippen molar-refractivity contribution in [3.05, 3.63) is 63.9 Å². The highest BCUT2D eigenvalue weighted by Gasteiger charge is 2.19. The van der Waals surface area contributed by atoms with E-state index in [9.17, 15) is 4.39 Å². The third-order valence-electron chi connectivity index (χ3n) is 2.82. The molecule has 0 bridgehead atoms. The van der Waals surface area contributed by atoms with E-state index in [4.69, 9.17) is 33.7 Å². The van der Waals surface area contributed by atoms with Crippen LogP contribution in [0.3, 0.4) is 0 Å². The summed E-state index contributed by atoms with van der Waals surface area (Å²) in [6.45, 7) is 1.81. The van der Waals surface area contributed by atoms with Gasteiger partial charge in [0, 0.05) is 17.1 Å². The second-order valence-electron chi connectivity index (χ2n) is 4.52. The molecule has 2 aromatic carbocycles. The summed E-state index contributed by atoms with van der Waals surface area (Å²) in [5.41, 5.74) is 6.72. The van der Waals surface area contributed by atoms with Gasteiger partial charge in [0.2, 0.25) is 0 Å². The number of halogens is 3. The van der Waals surface area contributed by atoms with Gasteiger partial charge in [-0.15, -0.1) is 0 Å². The molecule has 0 saturated carbocycles. The highest BCUT2D eigenvalue weighted by molar-refractivity contribution is 6.34. The summed E-state index contributed by atoms with van der Waals surface area (Å²) in [6.07, 6.45) is -0.438. The van der Waals surface area contributed by atoms with Gasteiger partial charge in [0.15, 0.2) is 0 Å². The van der Waals surface area contributed by atoms with Crippen molar-refractivity contribution in [3.8, 4) is 5.75 Å². The van der Waals surface area contributed by atoms with Gasteiger partial charge in [0.25, 0.3) is 0 Å². The Labute approximate surface area is 127 Å². The number of hydrogen-bond donors (Lipinski definition) is 1. The molecule has 5 heteroatoms. The first-order chi connectivity index (χ1) is 9.47. The highest BCUT2D eigenvalue weighted by atomic mass is 35.5. The molecule has 0 heterocycles. The Kier molecular flexibility index (Phi) is 4.86. The number of nitrogens with two attached hydrogens (primary N) is 1. The van der Waals surface area contributed by atoms with E-state index in [0.717, 1.165) is 5.56 Å². The molecule has 0 radical (unpaired) electrons. The fourth-order valence-electron chi connectivity index (χ4n) is 1.84. The Bertz CT molecular complexity index is 587. The molecule has 106 valence electrons. The Morgan fingerprint density at radius 2 is 1.75 bits per heavy atom. The highest BCUT2D eigenvalue weighted by Crippen LogP contribution is 2.32. The smallest absolute Gasteiger partial charge is 0.140 e. The van der Waals surface area contributed by atoms with Gasteiger partial charge in [-0.25, -0.2) is 4.39 Å². The zero-order chi connectivity index (χ0) is 14.7. The van der Waals surface area contributed by atoms with Crippen LogP contribution in [0.2, 0.25) is 10.0 Å². The molecule has 20 heavy (non-hydrogen) atoms. The lowest BCUT2D eigenvalue weighted by Gasteiger charge is -2.23. The molecule has 0 aliphatic heterocycles. The van der Waals surface area contributed by atoms with Gasteiger partial charge >= 0.3 is 0 Å². The van der Waals surface area contributed by atoms with Crippen LogP contribution in [0.5, 0.6) is 5.75 Å². The van der Waals surface area contributed by atoms with Crippen molar-refractivity contribution in [2.45, 2.75) is 19.1 Å². The number of benzene rings is 2. The topological polar surface area (TPSA) is 35.2 Å². The van der Waals surface area contributed by atoms with Crippen LogP contribution in [0.1, 0.15) is 18.6 Å². The van der Waals surface area contributed by atoms with Crippen molar-refractivity contribution in [1.82, 2.24) is 0 Å². The number of rotatable bonds is 4. The Balaban J connectivity index is 2.30. The van der Waals surface area contributed by atoms with Gasteiger partial charge in [-0.05, 0) is 36.8 Å². The molecule has 0 fully saturated rings. The standard InChI is InChI=1S/C15H14Cl2FNO/c1-9(19)15(10-2-5-12(18)6-3-10)20-14-8-11(16)4-7-13(14)17/h2-9,15H,19H2,1H3. The molecule has 2 atom stereocenters. The van der Waals surface area contributed by atoms with Crippen LogP contribution >= 0.6 is 23.2 Å². The SMILES string of the molecule is CC(N)C(Oc1cc(Cl)ccc1Cl)c1ccc(F)cc1. The fourth-order valence-corrected chi connectivity index (χ4v) is 2.16. The maximum absolute atomic E-state index is 13.0. The Morgan fingerprint density at radius 1 is 1.10 bits per heavy atom. The van der Waals surface area contributed by atoms with Crippen LogP contribution in [-0.2, 0) is 0 Å². The Morgan fingerprint density at radius 3 is 2.35 bits per heavy atom. The van der Waals surface area contributed by atoms with E-state index in [1.165, 1.54) is 12.1 Å². The average Bonchev–Trinajstić information content (AvgIpc) is 2.40. The van der Waals surface area contributed by atoms with Crippen LogP contribution < -0.4 is 10.5 Å². The minimum absolute atomic E-state index is 0.296. The van der Waals surface area contributed by atoms with Crippen molar-refractivity contribution in [3.63, 3.8) is 0 Å². The number of hydrogen-bond acceptors (Lipinski definition) is 2. The quantitative estimate of drug-likeness (QED) is 0.895. The normalized spacial score (nSPS) is 13.8. The first kappa shape index (κ1) is 15.1. The van der Waals surface area contributed by atoms with Gasteiger partial charge in [-0.2, -0.15) is 0 Å². The van der Waals surface area contributed by atoms with E-state index in [2.05, 4.69) is 0 Å². The average molecular weight is 314 g/mol. The zero-order valence-corrected chi connectivity index (χ0v) is 12.3. The van der Waals surface area contributed by atoms with Crippen LogP contribution in [0.15, 0.2) is 42.5 Å². The largest absolute Gasteiger partial charge is 0.482 e. The van der Waals surface area contributed by atoms with E-state index in [-0.39, 0.29) is 11.9 Å². The molecule has 2 rings (SSSR count). The summed E-state index contributed by atoms with van der Waals surface area (Å²) >= 11 is 12.0. The first-order valence-corrected chi connectivity index (χ1v) is 6.85. The molecule has 2 unspecified atom stereocenters. The van der Waals surface area contributed by atoms with Crippen molar-refractivity contribution >= 4 is 23.2 Å². The molecule has 0 amide bonds. The minimum Gasteiger partial charge on any atom is -0.482 e. The summed E-state index contributed by atoms with van der Waals surface area (Å²) in [7, 11) is 0. The van der Waals surface area contributed by atoms with Gasteiger partial charge in [0.05, 0.1) is 5.02 Å². The summed E-state index contributed by atoms with van der Waals surface area (Å²) in [5, 5.41) is 0.967. The second-order valence-corrected chi connectivity index (χ2v) is 5.37. The lowest BCUT2D eigenvalue weighted by atomic mass is 10.0. The van der Waals surface area contributed by atoms with E-state index in [1.807, 2.05) is 6.92 Å². The van der Waals surface area contributed by atoms with Crippen molar-refractivity contribution in [2.75, 3.05) is 0 Å². The maximum atomic E-state index is 13.0. The third kappa shape index (κ3) is 3.63. The van der Waals surface area contributed by atoms with E-state index < -0.39 is 6.10 Å². The maximum Gasteiger partial charge on any atom is 0.140 e. The summed E-state index contributed by atoms with van der Waals surface area (Å²) < 4.78 is 18.8. The van der Waals surface area contributed by atoms with E-state index in [0.29, 0.717) is 15.8 Å². The summed E-state index contributed by atoms with van der Waals surface area (Å²) in [5.74, 6) is 0.142. The van der Waals surface area contributed by atoms with Crippen LogP contribution in [-0.4, -0.2) is 6.04 Å². The molecule has 0 saturated heterocycles. The second kappa shape index (κ2) is 6.44. The fraction of sp³-hybridized carbons (Fsp3) is 0.200. The monoisotopic (exact) mass is 313 g/mol. The molecule has 2 aromatic rings. The predicted molar refractivity (Wildman–Crippen MR) is 79.9 cm³/mol. The molecule has 0 aliphatic carbocycles. The van der Waals surface area contributed by atoms with E-state index >= 15 is 0 Å². The molecular formula is C15H14Cl2FNO. The minimum atomic E-state index is -0.438. The van der Waals surface area contributed by atoms with Gasteiger partial charge in [0.1, 0.15) is 17.7 Å². The lowest BCUT2D eigenvalue weighted by molar-refractivity contribution is 0.180. The van der Waals surface area contributed by atoms with Crippen molar-refractivity contribution < 1.29 is 9.13 Å². The predicted octanol–water partition coefficient (Wildman–Crippen LogP) is 4.60. The van der Waals surface area contributed by atoms with Crippen LogP contribution in [0, 0.1) is 5.82 Å². The van der Waals surface area contributed by atoms with Gasteiger partial charge in [-0.3, -0.25) is 0 Å². The van der Waals surface area contributed by atoms with E-state index in [1.54, 1.807) is 30.3 Å². The van der Waals surface area contributed by atoms with Gasteiger partial charge < -0.3 is 10.5 Å². The summed E-state index contributed by atoms with van der Waals surface area (Å²) in [6, 6.07) is 10.7. The van der Waals surface area contributed by atoms with Crippen LogP contribution in [0.4, 0.5) is 4.39 Å². The lowest BCUT2D eigenvalue weighted by Crippen LogP contribution is -2.29. The zero-order valence-electron chi connectivity index (χ0n) is 10.8. The Hall–Kier alpha value is -1.29. The molecule has 0 spiro atoms.